The molecule has 1 saturated heterocycles. The third-order valence-corrected chi connectivity index (χ3v) is 10.5. The van der Waals surface area contributed by atoms with Crippen molar-refractivity contribution in [2.45, 2.75) is 114 Å². The molecule has 0 unspecified atom stereocenters. The Morgan fingerprint density at radius 3 is 1.92 bits per heavy atom. The van der Waals surface area contributed by atoms with Crippen LogP contribution in [0.15, 0.2) is 59.6 Å². The van der Waals surface area contributed by atoms with Gasteiger partial charge < -0.3 is 58.9 Å². The molecule has 0 radical (unpaired) electrons. The molecule has 20 heteroatoms. The number of phenolic OH excluding ortho intramolecular Hbond substituents is 1. The summed E-state index contributed by atoms with van der Waals surface area (Å²) in [5.74, 6) is -5.39. The normalized spacial score (nSPS) is 16.4. The van der Waals surface area contributed by atoms with Gasteiger partial charge in [-0.1, -0.05) is 62.2 Å². The van der Waals surface area contributed by atoms with Crippen molar-refractivity contribution in [3.8, 4) is 5.75 Å². The topological polar surface area (TPSA) is 314 Å². The lowest BCUT2D eigenvalue weighted by atomic mass is 10.0. The molecule has 7 atom stereocenters. The van der Waals surface area contributed by atoms with Crippen molar-refractivity contribution in [1.82, 2.24) is 31.5 Å². The third kappa shape index (κ3) is 16.2. The number of unbranched alkanes of at least 4 members (excludes halogenated alkanes) is 1. The molecule has 61 heavy (non-hydrogen) atoms. The van der Waals surface area contributed by atoms with E-state index in [9.17, 15) is 43.8 Å². The number of nitrogens with one attached hydrogen (secondary N) is 5. The molecular formula is C41H60N10O9S. The number of likely N-dealkylation sites (tertiary alicyclic amines) is 1. The molecule has 0 saturated carbocycles. The van der Waals surface area contributed by atoms with Gasteiger partial charge in [0.15, 0.2) is 5.96 Å². The number of carboxylic acids is 1. The second-order valence-corrected chi connectivity index (χ2v) is 15.3. The maximum atomic E-state index is 14.4. The number of aromatic hydroxyl groups is 1. The first-order chi connectivity index (χ1) is 29.0. The van der Waals surface area contributed by atoms with E-state index in [4.69, 9.17) is 17.2 Å². The van der Waals surface area contributed by atoms with Crippen molar-refractivity contribution in [3.63, 3.8) is 0 Å². The number of carbonyl (C=O) groups is 7. The molecular weight excluding hydrogens is 809 g/mol. The fourth-order valence-corrected chi connectivity index (χ4v) is 6.80. The Hall–Kier alpha value is -5.89. The highest BCUT2D eigenvalue weighted by Crippen LogP contribution is 2.21. The van der Waals surface area contributed by atoms with E-state index in [0.29, 0.717) is 36.8 Å². The Labute approximate surface area is 360 Å². The van der Waals surface area contributed by atoms with E-state index < -0.39 is 83.7 Å². The average molecular weight is 869 g/mol. The minimum absolute atomic E-state index is 0.0119. The standard InChI is InChI=1S/C41H60N10O9S/c1-3-4-12-29(48-35(54)30(13-8-19-45-41(43)44)47-34(53)28(42)23-61)36(55)49-31(21-26-15-17-27(52)18-16-26)37(56)50-32(22-25-10-6-5-7-11-25)39(58)51-20-9-14-33(51)38(57)46-24(2)40(59)60/h5-7,10-11,15-18,24,28-33,52,61H,3-4,8-9,12-14,19-23,42H2,1-2H3,(H,46,57)(H,47,53)(H,48,54)(H,49,55)(H,50,56)(H,59,60)(H4,43,44,45)/t24-,28-,29-,30-,31-,32-,33-/m0/s1. The molecule has 0 spiro atoms. The lowest BCUT2D eigenvalue weighted by molar-refractivity contribution is -0.144. The molecule has 0 aromatic heterocycles. The lowest BCUT2D eigenvalue weighted by Gasteiger charge is -2.30. The highest BCUT2D eigenvalue weighted by molar-refractivity contribution is 7.80. The second kappa shape index (κ2) is 25.0. The van der Waals surface area contributed by atoms with Crippen LogP contribution >= 0.6 is 12.6 Å². The molecule has 3 rings (SSSR count). The van der Waals surface area contributed by atoms with Crippen molar-refractivity contribution >= 4 is 60.0 Å². The summed E-state index contributed by atoms with van der Waals surface area (Å²) >= 11 is 4.07. The van der Waals surface area contributed by atoms with Gasteiger partial charge in [0.05, 0.1) is 6.04 Å². The zero-order chi connectivity index (χ0) is 45.1. The zero-order valence-electron chi connectivity index (χ0n) is 34.5. The second-order valence-electron chi connectivity index (χ2n) is 14.9. The number of nitrogens with two attached hydrogens (primary N) is 3. The predicted molar refractivity (Wildman–Crippen MR) is 231 cm³/mol. The quantitative estimate of drug-likeness (QED) is 0.0268. The molecule has 1 heterocycles. The number of aliphatic imine (C=N–C) groups is 1. The van der Waals surface area contributed by atoms with Crippen LogP contribution < -0.4 is 43.8 Å². The van der Waals surface area contributed by atoms with Crippen LogP contribution in [0.5, 0.6) is 5.75 Å². The number of nitrogens with zero attached hydrogens (tertiary/aromatic N) is 2. The fourth-order valence-electron chi connectivity index (χ4n) is 6.63. The van der Waals surface area contributed by atoms with Crippen LogP contribution in [0.4, 0.5) is 0 Å². The Bertz CT molecular complexity index is 1830. The van der Waals surface area contributed by atoms with E-state index in [2.05, 4.69) is 44.2 Å². The number of carboxylic acid groups (broad SMARTS) is 1. The number of hydrogen-bond acceptors (Lipinski definition) is 11. The molecule has 0 bridgehead atoms. The fraction of sp³-hybridized carbons (Fsp3) is 0.512. The molecule has 6 amide bonds. The SMILES string of the molecule is CCCC[C@H](NC(=O)[C@H](CCCN=C(N)N)NC(=O)[C@@H](N)CS)C(=O)N[C@@H](Cc1ccc(O)cc1)C(=O)N[C@@H](Cc1ccccc1)C(=O)N1CCC[C@H]1C(=O)N[C@@H](C)C(=O)O. The number of aliphatic carboxylic acids is 1. The molecule has 0 aliphatic carbocycles. The highest BCUT2D eigenvalue weighted by Gasteiger charge is 2.39. The first kappa shape index (κ1) is 49.5. The van der Waals surface area contributed by atoms with E-state index in [0.717, 1.165) is 0 Å². The van der Waals surface area contributed by atoms with Crippen molar-refractivity contribution in [3.05, 3.63) is 65.7 Å². The summed E-state index contributed by atoms with van der Waals surface area (Å²) in [6.07, 6.45) is 2.38. The van der Waals surface area contributed by atoms with Crippen LogP contribution in [0.1, 0.15) is 69.9 Å². The summed E-state index contributed by atoms with van der Waals surface area (Å²) in [4.78, 5) is 99.3. The minimum Gasteiger partial charge on any atom is -0.508 e. The number of rotatable bonds is 24. The number of benzene rings is 2. The Kier molecular flexibility index (Phi) is 20.3. The molecule has 1 fully saturated rings. The van der Waals surface area contributed by atoms with Crippen LogP contribution in [0.2, 0.25) is 0 Å². The van der Waals surface area contributed by atoms with Gasteiger partial charge in [-0.05, 0) is 62.3 Å². The molecule has 1 aliphatic heterocycles. The van der Waals surface area contributed by atoms with E-state index in [-0.39, 0.29) is 62.7 Å². The largest absolute Gasteiger partial charge is 0.508 e. The summed E-state index contributed by atoms with van der Waals surface area (Å²) in [7, 11) is 0. The van der Waals surface area contributed by atoms with Gasteiger partial charge in [0, 0.05) is 31.7 Å². The third-order valence-electron chi connectivity index (χ3n) is 10.1. The highest BCUT2D eigenvalue weighted by atomic mass is 32.1. The lowest BCUT2D eigenvalue weighted by Crippen LogP contribution is -2.60. The number of phenols is 1. The van der Waals surface area contributed by atoms with Gasteiger partial charge in [-0.15, -0.1) is 0 Å². The number of guanidine groups is 1. The van der Waals surface area contributed by atoms with Crippen LogP contribution in [-0.4, -0.2) is 124 Å². The Morgan fingerprint density at radius 1 is 0.787 bits per heavy atom. The number of hydrogen-bond donors (Lipinski definition) is 11. The maximum absolute atomic E-state index is 14.4. The van der Waals surface area contributed by atoms with Crippen LogP contribution in [0, 0.1) is 0 Å². The van der Waals surface area contributed by atoms with Gasteiger partial charge in [-0.25, -0.2) is 0 Å². The van der Waals surface area contributed by atoms with Crippen molar-refractivity contribution < 1.29 is 43.8 Å². The number of thiol groups is 1. The average Bonchev–Trinajstić information content (AvgIpc) is 3.73. The van der Waals surface area contributed by atoms with Crippen LogP contribution in [0.3, 0.4) is 0 Å². The first-order valence-corrected chi connectivity index (χ1v) is 21.0. The molecule has 1 aliphatic rings. The predicted octanol–water partition coefficient (Wildman–Crippen LogP) is -0.802. The van der Waals surface area contributed by atoms with Crippen LogP contribution in [0.25, 0.3) is 0 Å². The van der Waals surface area contributed by atoms with Gasteiger partial charge in [0.1, 0.15) is 42.0 Å². The molecule has 2 aromatic rings. The van der Waals surface area contributed by atoms with E-state index in [1.807, 2.05) is 6.92 Å². The Morgan fingerprint density at radius 2 is 1.33 bits per heavy atom. The van der Waals surface area contributed by atoms with E-state index in [1.165, 1.54) is 24.0 Å². The monoisotopic (exact) mass is 868 g/mol. The van der Waals surface area contributed by atoms with Crippen molar-refractivity contribution in [2.24, 2.45) is 22.2 Å². The minimum atomic E-state index is -1.32. The summed E-state index contributed by atoms with van der Waals surface area (Å²) in [6.45, 7) is 3.56. The molecule has 334 valence electrons. The maximum Gasteiger partial charge on any atom is 0.325 e. The summed E-state index contributed by atoms with van der Waals surface area (Å²) < 4.78 is 0. The summed E-state index contributed by atoms with van der Waals surface area (Å²) in [5.41, 5.74) is 18.0. The molecule has 19 nitrogen and oxygen atoms in total. The van der Waals surface area contributed by atoms with Crippen molar-refractivity contribution in [2.75, 3.05) is 18.8 Å². The van der Waals surface area contributed by atoms with E-state index in [1.54, 1.807) is 42.5 Å². The zero-order valence-corrected chi connectivity index (χ0v) is 35.4. The smallest absolute Gasteiger partial charge is 0.325 e. The Balaban J connectivity index is 1.94. The molecule has 2 aromatic carbocycles. The van der Waals surface area contributed by atoms with Gasteiger partial charge in [-0.3, -0.25) is 38.6 Å². The van der Waals surface area contributed by atoms with E-state index >= 15 is 0 Å². The first-order valence-electron chi connectivity index (χ1n) is 20.3. The number of carbonyl (C=O) groups excluding carboxylic acids is 6. The summed E-state index contributed by atoms with van der Waals surface area (Å²) in [6, 6.07) is 6.83. The molecule has 13 N–H and O–H groups in total. The van der Waals surface area contributed by atoms with Crippen LogP contribution in [-0.2, 0) is 46.4 Å². The number of amides is 6. The van der Waals surface area contributed by atoms with Crippen molar-refractivity contribution in [1.29, 1.82) is 0 Å². The van der Waals surface area contributed by atoms with Gasteiger partial charge in [0.2, 0.25) is 35.4 Å². The van der Waals surface area contributed by atoms with Gasteiger partial charge >= 0.3 is 5.97 Å². The van der Waals surface area contributed by atoms with Gasteiger partial charge in [0.25, 0.3) is 0 Å². The summed E-state index contributed by atoms with van der Waals surface area (Å²) in [5, 5.41) is 32.6. The van der Waals surface area contributed by atoms with Gasteiger partial charge in [-0.2, -0.15) is 12.6 Å².